The van der Waals surface area contributed by atoms with Crippen LogP contribution in [0.1, 0.15) is 29.5 Å². The Balaban J connectivity index is 0.000000548. The van der Waals surface area contributed by atoms with Crippen molar-refractivity contribution >= 4 is 29.4 Å². The number of carboxylic acid groups (broad SMARTS) is 2. The van der Waals surface area contributed by atoms with E-state index in [0.29, 0.717) is 32.7 Å². The van der Waals surface area contributed by atoms with Gasteiger partial charge in [0.15, 0.2) is 0 Å². The van der Waals surface area contributed by atoms with Crippen molar-refractivity contribution in [3.05, 3.63) is 65.2 Å². The molecule has 0 aliphatic carbocycles. The largest absolute Gasteiger partial charge is 0.490 e. The Bertz CT molecular complexity index is 1310. The fourth-order valence-electron chi connectivity index (χ4n) is 3.39. The lowest BCUT2D eigenvalue weighted by atomic mass is 10.0. The average Bonchev–Trinajstić information content (AvgIpc) is 2.92. The van der Waals surface area contributed by atoms with Crippen molar-refractivity contribution in [2.45, 2.75) is 31.7 Å². The molecule has 2 aromatic rings. The molecule has 6 N–H and O–H groups in total. The van der Waals surface area contributed by atoms with Crippen LogP contribution in [-0.4, -0.2) is 77.4 Å². The van der Waals surface area contributed by atoms with Crippen LogP contribution in [0.4, 0.5) is 32.0 Å². The zero-order valence-corrected chi connectivity index (χ0v) is 22.4. The number of rotatable bonds is 7. The molecule has 0 unspecified atom stereocenters. The van der Waals surface area contributed by atoms with Crippen LogP contribution in [0.3, 0.4) is 0 Å². The summed E-state index contributed by atoms with van der Waals surface area (Å²) >= 11 is 0. The van der Waals surface area contributed by atoms with Gasteiger partial charge in [0.05, 0.1) is 12.2 Å². The third kappa shape index (κ3) is 12.4. The number of benzene rings is 2. The van der Waals surface area contributed by atoms with E-state index in [4.69, 9.17) is 31.3 Å². The summed E-state index contributed by atoms with van der Waals surface area (Å²) in [6.07, 6.45) is -9.92. The van der Waals surface area contributed by atoms with Crippen LogP contribution >= 0.6 is 0 Å². The van der Waals surface area contributed by atoms with Crippen molar-refractivity contribution in [3.63, 3.8) is 0 Å². The standard InChI is InChI=1S/C23H26N4O2.2C2HF3O2/c24-13-15-26(16-14-25)22(28)11-12-23(29)27-17-20-7-2-1-5-18(20)9-10-19-6-3-4-8-21(19)27;2*3-2(4,5)1(6)7/h1-8H,11-17,24-25H2;2*(H,6,7). The summed E-state index contributed by atoms with van der Waals surface area (Å²) in [4.78, 5) is 46.8. The Hall–Kier alpha value is -4.62. The molecule has 43 heavy (non-hydrogen) atoms. The van der Waals surface area contributed by atoms with Gasteiger partial charge < -0.3 is 31.5 Å². The molecule has 2 amide bonds. The van der Waals surface area contributed by atoms with Crippen LogP contribution in [0.25, 0.3) is 0 Å². The summed E-state index contributed by atoms with van der Waals surface area (Å²) < 4.78 is 63.5. The number of halogens is 6. The Morgan fingerprint density at radius 3 is 1.70 bits per heavy atom. The van der Waals surface area contributed by atoms with Crippen molar-refractivity contribution in [1.82, 2.24) is 4.90 Å². The first-order chi connectivity index (χ1) is 20.0. The first-order valence-corrected chi connectivity index (χ1v) is 12.3. The third-order valence-electron chi connectivity index (χ3n) is 5.36. The average molecular weight is 619 g/mol. The quantitative estimate of drug-likeness (QED) is 0.272. The number of carbonyl (C=O) groups is 4. The smallest absolute Gasteiger partial charge is 0.475 e. The van der Waals surface area contributed by atoms with Gasteiger partial charge in [-0.05, 0) is 23.8 Å². The fraction of sp³-hybridized carbons (Fsp3) is 0.333. The van der Waals surface area contributed by atoms with Crippen LogP contribution in [-0.2, 0) is 25.7 Å². The molecule has 0 bridgehead atoms. The summed E-state index contributed by atoms with van der Waals surface area (Å²) in [5.74, 6) is 0.655. The molecule has 1 aliphatic heterocycles. The van der Waals surface area contributed by atoms with E-state index in [1.54, 1.807) is 9.80 Å². The van der Waals surface area contributed by atoms with Crippen molar-refractivity contribution < 1.29 is 55.7 Å². The molecule has 1 heterocycles. The number of carbonyl (C=O) groups excluding carboxylic acids is 2. The highest BCUT2D eigenvalue weighted by Crippen LogP contribution is 2.26. The number of nitrogens with two attached hydrogens (primary N) is 2. The second kappa shape index (κ2) is 16.7. The zero-order chi connectivity index (χ0) is 32.8. The molecule has 2 aromatic carbocycles. The summed E-state index contributed by atoms with van der Waals surface area (Å²) in [6.45, 7) is 2.05. The van der Waals surface area contributed by atoms with Gasteiger partial charge in [0.1, 0.15) is 0 Å². The molecule has 234 valence electrons. The molecule has 3 rings (SSSR count). The van der Waals surface area contributed by atoms with E-state index in [1.165, 1.54) is 0 Å². The molecule has 0 aromatic heterocycles. The minimum atomic E-state index is -5.08. The maximum absolute atomic E-state index is 13.1. The number of anilines is 1. The van der Waals surface area contributed by atoms with Crippen molar-refractivity contribution in [2.75, 3.05) is 31.1 Å². The van der Waals surface area contributed by atoms with Gasteiger partial charge in [-0.15, -0.1) is 0 Å². The van der Waals surface area contributed by atoms with Gasteiger partial charge in [-0.1, -0.05) is 42.2 Å². The molecule has 1 aliphatic rings. The van der Waals surface area contributed by atoms with Gasteiger partial charge in [-0.2, -0.15) is 26.3 Å². The molecule has 10 nitrogen and oxygen atoms in total. The van der Waals surface area contributed by atoms with Crippen LogP contribution in [0.2, 0.25) is 0 Å². The minimum absolute atomic E-state index is 0.102. The molecule has 0 radical (unpaired) electrons. The third-order valence-corrected chi connectivity index (χ3v) is 5.36. The van der Waals surface area contributed by atoms with E-state index in [-0.39, 0.29) is 24.7 Å². The topological polar surface area (TPSA) is 167 Å². The van der Waals surface area contributed by atoms with E-state index in [1.807, 2.05) is 48.5 Å². The van der Waals surface area contributed by atoms with Gasteiger partial charge in [0, 0.05) is 50.1 Å². The monoisotopic (exact) mass is 618 g/mol. The second-order valence-electron chi connectivity index (χ2n) is 8.47. The summed E-state index contributed by atoms with van der Waals surface area (Å²) in [7, 11) is 0. The number of nitrogens with zero attached hydrogens (tertiary/aromatic N) is 2. The normalized spacial score (nSPS) is 11.8. The van der Waals surface area contributed by atoms with Crippen molar-refractivity contribution in [2.24, 2.45) is 11.5 Å². The lowest BCUT2D eigenvalue weighted by molar-refractivity contribution is -0.193. The van der Waals surface area contributed by atoms with E-state index >= 15 is 0 Å². The number of fused-ring (bicyclic) bond motifs is 2. The Labute approximate surface area is 241 Å². The number of amides is 2. The summed E-state index contributed by atoms with van der Waals surface area (Å²) in [5, 5.41) is 14.2. The van der Waals surface area contributed by atoms with Gasteiger partial charge in [0.2, 0.25) is 11.8 Å². The lowest BCUT2D eigenvalue weighted by Gasteiger charge is -2.26. The van der Waals surface area contributed by atoms with E-state index < -0.39 is 24.3 Å². The maximum Gasteiger partial charge on any atom is 0.490 e. The van der Waals surface area contributed by atoms with Gasteiger partial charge in [-0.3, -0.25) is 9.59 Å². The molecular formula is C27H28F6N4O6. The van der Waals surface area contributed by atoms with Crippen LogP contribution in [0.15, 0.2) is 48.5 Å². The predicted octanol–water partition coefficient (Wildman–Crippen LogP) is 2.73. The number of carboxylic acids is 2. The molecular weight excluding hydrogens is 590 g/mol. The number of para-hydroxylation sites is 1. The number of hydrogen-bond donors (Lipinski definition) is 4. The lowest BCUT2D eigenvalue weighted by Crippen LogP contribution is -2.39. The number of alkyl halides is 6. The Kier molecular flexibility index (Phi) is 14.2. The van der Waals surface area contributed by atoms with Gasteiger partial charge >= 0.3 is 24.3 Å². The number of aliphatic carboxylic acids is 2. The highest BCUT2D eigenvalue weighted by Gasteiger charge is 2.38. The zero-order valence-electron chi connectivity index (χ0n) is 22.4. The van der Waals surface area contributed by atoms with Crippen molar-refractivity contribution in [3.8, 4) is 11.8 Å². The fourth-order valence-corrected chi connectivity index (χ4v) is 3.39. The van der Waals surface area contributed by atoms with Crippen LogP contribution < -0.4 is 16.4 Å². The summed E-state index contributed by atoms with van der Waals surface area (Å²) in [6, 6.07) is 15.4. The first-order valence-electron chi connectivity index (χ1n) is 12.3. The SMILES string of the molecule is NCCN(CCN)C(=O)CCC(=O)N1Cc2ccccc2C#Cc2ccccc21.O=C(O)C(F)(F)F.O=C(O)C(F)(F)F. The first kappa shape index (κ1) is 36.4. The van der Waals surface area contributed by atoms with E-state index in [9.17, 15) is 35.9 Å². The molecule has 0 atom stereocenters. The number of hydrogen-bond acceptors (Lipinski definition) is 6. The van der Waals surface area contributed by atoms with Gasteiger partial charge in [-0.25, -0.2) is 9.59 Å². The molecule has 0 saturated heterocycles. The molecule has 0 spiro atoms. The van der Waals surface area contributed by atoms with Crippen molar-refractivity contribution in [1.29, 1.82) is 0 Å². The van der Waals surface area contributed by atoms with Gasteiger partial charge in [0.25, 0.3) is 0 Å². The van der Waals surface area contributed by atoms with E-state index in [0.717, 1.165) is 22.4 Å². The summed E-state index contributed by atoms with van der Waals surface area (Å²) in [5.41, 5.74) is 14.6. The Morgan fingerprint density at radius 1 is 0.767 bits per heavy atom. The van der Waals surface area contributed by atoms with Crippen LogP contribution in [0.5, 0.6) is 0 Å². The minimum Gasteiger partial charge on any atom is -0.475 e. The molecule has 0 saturated carbocycles. The molecule has 16 heteroatoms. The van der Waals surface area contributed by atoms with E-state index in [2.05, 4.69) is 11.8 Å². The molecule has 0 fully saturated rings. The maximum atomic E-state index is 13.1. The second-order valence-corrected chi connectivity index (χ2v) is 8.47. The van der Waals surface area contributed by atoms with Crippen LogP contribution in [0, 0.1) is 11.8 Å². The Morgan fingerprint density at radius 2 is 1.21 bits per heavy atom. The highest BCUT2D eigenvalue weighted by molar-refractivity contribution is 5.97. The highest BCUT2D eigenvalue weighted by atomic mass is 19.4. The predicted molar refractivity (Wildman–Crippen MR) is 141 cm³/mol.